The van der Waals surface area contributed by atoms with Crippen LogP contribution in [0.2, 0.25) is 0 Å². The molecule has 4 N–H and O–H groups in total. The summed E-state index contributed by atoms with van der Waals surface area (Å²) in [5.74, 6) is -2.22. The number of carboxylic acids is 1. The molecule has 0 aromatic heterocycles. The second-order valence-corrected chi connectivity index (χ2v) is 6.74. The van der Waals surface area contributed by atoms with Gasteiger partial charge in [-0.05, 0) is 25.3 Å². The molecule has 0 spiro atoms. The van der Waals surface area contributed by atoms with Crippen molar-refractivity contribution in [2.45, 2.75) is 51.1 Å². The first-order valence-corrected chi connectivity index (χ1v) is 9.09. The quantitative estimate of drug-likeness (QED) is 0.597. The molecule has 2 atom stereocenters. The number of carboxylic acid groups (broad SMARTS) is 1. The van der Waals surface area contributed by atoms with E-state index in [9.17, 15) is 19.5 Å². The van der Waals surface area contributed by atoms with Crippen LogP contribution in [0.1, 0.15) is 50.6 Å². The molecule has 7 heteroatoms. The standard InChI is InChI=1S/C19H27N3O4/c1-13(18(24)25)17(14-8-4-2-5-9-14)22-16(23)12-20-19(26)21-15-10-6-3-7-11-15/h2,4-5,8-9,13,15,17H,3,6-7,10-12H2,1H3,(H,22,23)(H,24,25)(H2,20,21,26). The molecular formula is C19H27N3O4. The van der Waals surface area contributed by atoms with Crippen molar-refractivity contribution in [3.63, 3.8) is 0 Å². The number of benzene rings is 1. The van der Waals surface area contributed by atoms with E-state index in [1.807, 2.05) is 6.07 Å². The van der Waals surface area contributed by atoms with Gasteiger partial charge in [0.2, 0.25) is 5.91 Å². The molecule has 26 heavy (non-hydrogen) atoms. The molecule has 1 aliphatic rings. The largest absolute Gasteiger partial charge is 0.481 e. The Morgan fingerprint density at radius 2 is 1.77 bits per heavy atom. The van der Waals surface area contributed by atoms with Crippen LogP contribution >= 0.6 is 0 Å². The van der Waals surface area contributed by atoms with Gasteiger partial charge in [0.25, 0.3) is 0 Å². The Labute approximate surface area is 153 Å². The molecule has 142 valence electrons. The zero-order valence-corrected chi connectivity index (χ0v) is 15.0. The third kappa shape index (κ3) is 6.06. The van der Waals surface area contributed by atoms with Gasteiger partial charge in [-0.3, -0.25) is 9.59 Å². The number of aliphatic carboxylic acids is 1. The van der Waals surface area contributed by atoms with Crippen molar-refractivity contribution < 1.29 is 19.5 Å². The summed E-state index contributed by atoms with van der Waals surface area (Å²) in [6, 6.07) is 8.08. The van der Waals surface area contributed by atoms with Gasteiger partial charge in [0.15, 0.2) is 0 Å². The van der Waals surface area contributed by atoms with Crippen LogP contribution in [0.15, 0.2) is 30.3 Å². The van der Waals surface area contributed by atoms with Crippen LogP contribution in [0, 0.1) is 5.92 Å². The van der Waals surface area contributed by atoms with E-state index >= 15 is 0 Å². The molecule has 0 aliphatic heterocycles. The summed E-state index contributed by atoms with van der Waals surface area (Å²) >= 11 is 0. The number of carbonyl (C=O) groups excluding carboxylic acids is 2. The fourth-order valence-electron chi connectivity index (χ4n) is 3.17. The Morgan fingerprint density at radius 3 is 2.38 bits per heavy atom. The fourth-order valence-corrected chi connectivity index (χ4v) is 3.17. The zero-order valence-electron chi connectivity index (χ0n) is 15.0. The number of nitrogens with one attached hydrogen (secondary N) is 3. The fraction of sp³-hybridized carbons (Fsp3) is 0.526. The summed E-state index contributed by atoms with van der Waals surface area (Å²) in [6.45, 7) is 1.34. The normalized spacial score (nSPS) is 17.0. The molecule has 1 fully saturated rings. The molecule has 0 heterocycles. The zero-order chi connectivity index (χ0) is 18.9. The summed E-state index contributed by atoms with van der Waals surface area (Å²) in [4.78, 5) is 35.5. The van der Waals surface area contributed by atoms with Gasteiger partial charge in [-0.1, -0.05) is 49.6 Å². The van der Waals surface area contributed by atoms with E-state index in [0.29, 0.717) is 5.56 Å². The molecule has 1 aliphatic carbocycles. The van der Waals surface area contributed by atoms with Gasteiger partial charge in [0.1, 0.15) is 0 Å². The highest BCUT2D eigenvalue weighted by molar-refractivity contribution is 5.84. The van der Waals surface area contributed by atoms with E-state index in [2.05, 4.69) is 16.0 Å². The lowest BCUT2D eigenvalue weighted by molar-refractivity contribution is -0.142. The summed E-state index contributed by atoms with van der Waals surface area (Å²) in [5.41, 5.74) is 0.711. The van der Waals surface area contributed by atoms with Gasteiger partial charge in [-0.25, -0.2) is 4.79 Å². The molecule has 2 unspecified atom stereocenters. The maximum absolute atomic E-state index is 12.2. The van der Waals surface area contributed by atoms with Gasteiger partial charge in [-0.2, -0.15) is 0 Å². The van der Waals surface area contributed by atoms with Crippen molar-refractivity contribution in [2.24, 2.45) is 5.92 Å². The predicted octanol–water partition coefficient (Wildman–Crippen LogP) is 2.20. The lowest BCUT2D eigenvalue weighted by atomic mass is 9.94. The predicted molar refractivity (Wildman–Crippen MR) is 97.5 cm³/mol. The lowest BCUT2D eigenvalue weighted by Crippen LogP contribution is -2.47. The number of carbonyl (C=O) groups is 3. The smallest absolute Gasteiger partial charge is 0.315 e. The number of hydrogen-bond acceptors (Lipinski definition) is 3. The first-order chi connectivity index (χ1) is 12.5. The average Bonchev–Trinajstić information content (AvgIpc) is 2.65. The van der Waals surface area contributed by atoms with Gasteiger partial charge in [-0.15, -0.1) is 0 Å². The van der Waals surface area contributed by atoms with Gasteiger partial charge in [0, 0.05) is 6.04 Å². The maximum atomic E-state index is 12.2. The van der Waals surface area contributed by atoms with Crippen LogP contribution in [-0.4, -0.2) is 35.6 Å². The maximum Gasteiger partial charge on any atom is 0.315 e. The van der Waals surface area contributed by atoms with Gasteiger partial charge >= 0.3 is 12.0 Å². The summed E-state index contributed by atoms with van der Waals surface area (Å²) in [6.07, 6.45) is 5.34. The van der Waals surface area contributed by atoms with Crippen molar-refractivity contribution in [3.8, 4) is 0 Å². The minimum Gasteiger partial charge on any atom is -0.481 e. The Bertz CT molecular complexity index is 614. The molecule has 7 nitrogen and oxygen atoms in total. The SMILES string of the molecule is CC(C(=O)O)C(NC(=O)CNC(=O)NC1CCCCC1)c1ccccc1. The summed E-state index contributed by atoms with van der Waals surface area (Å²) in [5, 5.41) is 17.4. The molecule has 0 bridgehead atoms. The second-order valence-electron chi connectivity index (χ2n) is 6.74. The monoisotopic (exact) mass is 361 g/mol. The van der Waals surface area contributed by atoms with E-state index in [4.69, 9.17) is 0 Å². The van der Waals surface area contributed by atoms with Crippen LogP contribution in [0.3, 0.4) is 0 Å². The topological polar surface area (TPSA) is 108 Å². The van der Waals surface area contributed by atoms with Crippen molar-refractivity contribution in [3.05, 3.63) is 35.9 Å². The molecule has 3 amide bonds. The van der Waals surface area contributed by atoms with Gasteiger partial charge < -0.3 is 21.1 Å². The van der Waals surface area contributed by atoms with Crippen LogP contribution in [0.5, 0.6) is 0 Å². The van der Waals surface area contributed by atoms with E-state index in [1.54, 1.807) is 31.2 Å². The molecule has 0 radical (unpaired) electrons. The Kier molecular flexibility index (Phi) is 7.44. The number of amides is 3. The molecule has 1 aromatic rings. The first-order valence-electron chi connectivity index (χ1n) is 9.09. The Balaban J connectivity index is 1.86. The molecule has 2 rings (SSSR count). The van der Waals surface area contributed by atoms with E-state index in [0.717, 1.165) is 25.7 Å². The van der Waals surface area contributed by atoms with E-state index < -0.39 is 23.8 Å². The average molecular weight is 361 g/mol. The van der Waals surface area contributed by atoms with E-state index in [1.165, 1.54) is 6.42 Å². The lowest BCUT2D eigenvalue weighted by Gasteiger charge is -2.24. The van der Waals surface area contributed by atoms with Crippen molar-refractivity contribution in [1.82, 2.24) is 16.0 Å². The molecular weight excluding hydrogens is 334 g/mol. The number of rotatable bonds is 7. The minimum atomic E-state index is -0.998. The van der Waals surface area contributed by atoms with Crippen LogP contribution in [0.25, 0.3) is 0 Å². The minimum absolute atomic E-state index is 0.163. The highest BCUT2D eigenvalue weighted by atomic mass is 16.4. The number of urea groups is 1. The van der Waals surface area contributed by atoms with E-state index in [-0.39, 0.29) is 18.6 Å². The van der Waals surface area contributed by atoms with Crippen LogP contribution in [0.4, 0.5) is 4.79 Å². The Hall–Kier alpha value is -2.57. The van der Waals surface area contributed by atoms with Gasteiger partial charge in [0.05, 0.1) is 18.5 Å². The molecule has 1 saturated carbocycles. The summed E-state index contributed by atoms with van der Waals surface area (Å²) in [7, 11) is 0. The third-order valence-corrected chi connectivity index (χ3v) is 4.71. The molecule has 0 saturated heterocycles. The van der Waals surface area contributed by atoms with Crippen molar-refractivity contribution in [1.29, 1.82) is 0 Å². The number of hydrogen-bond donors (Lipinski definition) is 4. The van der Waals surface area contributed by atoms with Crippen LogP contribution in [-0.2, 0) is 9.59 Å². The highest BCUT2D eigenvalue weighted by Crippen LogP contribution is 2.22. The summed E-state index contributed by atoms with van der Waals surface area (Å²) < 4.78 is 0. The third-order valence-electron chi connectivity index (χ3n) is 4.71. The van der Waals surface area contributed by atoms with Crippen LogP contribution < -0.4 is 16.0 Å². The Morgan fingerprint density at radius 1 is 1.12 bits per heavy atom. The molecule has 1 aromatic carbocycles. The van der Waals surface area contributed by atoms with Crippen molar-refractivity contribution in [2.75, 3.05) is 6.54 Å². The van der Waals surface area contributed by atoms with Crippen molar-refractivity contribution >= 4 is 17.9 Å². The second kappa shape index (κ2) is 9.79. The first kappa shape index (κ1) is 19.8. The highest BCUT2D eigenvalue weighted by Gasteiger charge is 2.26.